The third-order valence-corrected chi connectivity index (χ3v) is 27.2. The minimum absolute atomic E-state index is 0.0802. The molecule has 2 aliphatic heterocycles. The van der Waals surface area contributed by atoms with Gasteiger partial charge in [-0.05, 0) is 245 Å². The van der Waals surface area contributed by atoms with Crippen LogP contribution < -0.4 is 26.2 Å². The molecule has 0 N–H and O–H groups in total. The number of nitrogens with zero attached hydrogens (tertiary/aromatic N) is 4. The smallest absolute Gasteiger partial charge is 0.252 e. The maximum atomic E-state index is 2.79. The lowest BCUT2D eigenvalue weighted by Gasteiger charge is -2.46. The highest BCUT2D eigenvalue weighted by Gasteiger charge is 2.47. The molecule has 0 spiro atoms. The standard InChI is InChI=1S/C118H107BN4/c1-113(2,3)76-38-30-37-73(61-76)87-46-32-48-93(95-63-75-36-23-25-40-85(75)89-42-27-29-44-91(89)95)112(87)123-107-71-83(121-104-59-51-79(116(10,11)12)66-98(104)99-67-80(117(13,14)15)52-60-105(99)121)54-56-101(107)119-100-55-53-82(120-102-57-49-77(114(4,5)6)64-96(102)97-65-78(115(7,8)9)50-58-103(97)120)70-106(100)122(108-68-81(118(16,17)18)69-109(123)110(108)119)111-86(72-33-20-19-21-34-72)45-31-47-92(111)94-62-74-35-22-24-39-84(74)88-41-26-28-43-90(88)94/h19-71H,1-18H3. The lowest BCUT2D eigenvalue weighted by Crippen LogP contribution is -2.61. The van der Waals surface area contributed by atoms with E-state index in [9.17, 15) is 0 Å². The molecule has 5 heteroatoms. The van der Waals surface area contributed by atoms with Crippen LogP contribution in [-0.2, 0) is 32.5 Å². The topological polar surface area (TPSA) is 16.3 Å². The van der Waals surface area contributed by atoms with Crippen molar-refractivity contribution >= 4 is 144 Å². The fourth-order valence-corrected chi connectivity index (χ4v) is 20.4. The van der Waals surface area contributed by atoms with Crippen molar-refractivity contribution in [3.63, 3.8) is 0 Å². The first-order valence-electron chi connectivity index (χ1n) is 44.3. The van der Waals surface area contributed by atoms with E-state index >= 15 is 0 Å². The molecule has 21 rings (SSSR count). The summed E-state index contributed by atoms with van der Waals surface area (Å²) in [6, 6.07) is 126. The Labute approximate surface area is 725 Å². The van der Waals surface area contributed by atoms with Crippen LogP contribution in [0.1, 0.15) is 158 Å². The molecule has 4 heterocycles. The summed E-state index contributed by atoms with van der Waals surface area (Å²) in [7, 11) is 0. The summed E-state index contributed by atoms with van der Waals surface area (Å²) in [4.78, 5) is 5.57. The molecule has 17 aromatic carbocycles. The van der Waals surface area contributed by atoms with Gasteiger partial charge < -0.3 is 18.9 Å². The van der Waals surface area contributed by atoms with Crippen molar-refractivity contribution in [2.45, 2.75) is 157 Å². The summed E-state index contributed by atoms with van der Waals surface area (Å²) in [5.74, 6) is 0. The van der Waals surface area contributed by atoms with Crippen LogP contribution >= 0.6 is 0 Å². The molecule has 0 saturated carbocycles. The molecule has 0 atom stereocenters. The summed E-state index contributed by atoms with van der Waals surface area (Å²) in [6.07, 6.45) is 0. The zero-order valence-corrected chi connectivity index (χ0v) is 74.5. The molecule has 602 valence electrons. The van der Waals surface area contributed by atoms with Crippen LogP contribution in [0, 0.1) is 0 Å². The first-order chi connectivity index (χ1) is 58.8. The quantitative estimate of drug-likeness (QED) is 0.111. The van der Waals surface area contributed by atoms with Gasteiger partial charge in [-0.1, -0.05) is 349 Å². The van der Waals surface area contributed by atoms with Crippen LogP contribution in [0.4, 0.5) is 34.1 Å². The second-order valence-electron chi connectivity index (χ2n) is 41.3. The van der Waals surface area contributed by atoms with E-state index in [0.29, 0.717) is 0 Å². The average molecular weight is 1590 g/mol. The zero-order chi connectivity index (χ0) is 85.0. The zero-order valence-electron chi connectivity index (χ0n) is 74.5. The number of benzene rings is 17. The number of anilines is 6. The number of para-hydroxylation sites is 2. The molecule has 0 fully saturated rings. The summed E-state index contributed by atoms with van der Waals surface area (Å²) >= 11 is 0. The first-order valence-corrected chi connectivity index (χ1v) is 44.3. The molecule has 0 amide bonds. The summed E-state index contributed by atoms with van der Waals surface area (Å²) in [5.41, 5.74) is 33.5. The van der Waals surface area contributed by atoms with Gasteiger partial charge in [0.15, 0.2) is 0 Å². The Morgan fingerprint density at radius 1 is 0.203 bits per heavy atom. The first kappa shape index (κ1) is 77.4. The van der Waals surface area contributed by atoms with Crippen molar-refractivity contribution in [2.24, 2.45) is 0 Å². The minimum atomic E-state index is -0.390. The maximum Gasteiger partial charge on any atom is 0.252 e. The van der Waals surface area contributed by atoms with Gasteiger partial charge in [0.1, 0.15) is 0 Å². The van der Waals surface area contributed by atoms with Crippen LogP contribution in [0.3, 0.4) is 0 Å². The van der Waals surface area contributed by atoms with Gasteiger partial charge in [0.05, 0.1) is 33.4 Å². The van der Waals surface area contributed by atoms with Crippen LogP contribution in [0.15, 0.2) is 322 Å². The number of hydrogen-bond acceptors (Lipinski definition) is 2. The Bertz CT molecular complexity index is 7480. The van der Waals surface area contributed by atoms with Crippen LogP contribution in [0.5, 0.6) is 0 Å². The van der Waals surface area contributed by atoms with Crippen LogP contribution in [0.2, 0.25) is 0 Å². The van der Waals surface area contributed by atoms with Gasteiger partial charge >= 0.3 is 0 Å². The molecule has 0 aliphatic carbocycles. The van der Waals surface area contributed by atoms with Crippen molar-refractivity contribution in [1.29, 1.82) is 0 Å². The largest absolute Gasteiger partial charge is 0.310 e. The van der Waals surface area contributed by atoms with Gasteiger partial charge in [-0.15, -0.1) is 0 Å². The molecule has 2 aliphatic rings. The van der Waals surface area contributed by atoms with E-state index in [2.05, 4.69) is 465 Å². The van der Waals surface area contributed by atoms with Crippen molar-refractivity contribution in [3.8, 4) is 55.9 Å². The van der Waals surface area contributed by atoms with E-state index in [1.165, 1.54) is 148 Å². The molecule has 0 unspecified atom stereocenters. The van der Waals surface area contributed by atoms with Crippen molar-refractivity contribution in [2.75, 3.05) is 9.80 Å². The lowest BCUT2D eigenvalue weighted by atomic mass is 9.33. The maximum absolute atomic E-state index is 2.79. The van der Waals surface area contributed by atoms with E-state index in [-0.39, 0.29) is 33.8 Å². The summed E-state index contributed by atoms with van der Waals surface area (Å²) in [6.45, 7) is 42.2. The summed E-state index contributed by atoms with van der Waals surface area (Å²) < 4.78 is 5.18. The molecule has 19 aromatic rings. The van der Waals surface area contributed by atoms with E-state index in [0.717, 1.165) is 78.9 Å². The Kier molecular flexibility index (Phi) is 17.5. The Hall–Kier alpha value is -13.0. The second-order valence-corrected chi connectivity index (χ2v) is 41.3. The predicted octanol–water partition coefficient (Wildman–Crippen LogP) is 31.0. The number of hydrogen-bond donors (Lipinski definition) is 0. The minimum Gasteiger partial charge on any atom is -0.310 e. The third-order valence-electron chi connectivity index (χ3n) is 27.2. The highest BCUT2D eigenvalue weighted by molar-refractivity contribution is 7.00. The molecule has 123 heavy (non-hydrogen) atoms. The predicted molar refractivity (Wildman–Crippen MR) is 533 cm³/mol. The molecular weight excluding hydrogens is 1480 g/mol. The monoisotopic (exact) mass is 1590 g/mol. The summed E-state index contributed by atoms with van der Waals surface area (Å²) in [5, 5.41) is 14.8. The van der Waals surface area contributed by atoms with Gasteiger partial charge in [0.25, 0.3) is 6.71 Å². The van der Waals surface area contributed by atoms with E-state index in [1.54, 1.807) is 0 Å². The fourth-order valence-electron chi connectivity index (χ4n) is 20.4. The van der Waals surface area contributed by atoms with Gasteiger partial charge in [-0.25, -0.2) is 0 Å². The Balaban J connectivity index is 0.952. The van der Waals surface area contributed by atoms with Crippen LogP contribution in [0.25, 0.3) is 143 Å². The van der Waals surface area contributed by atoms with Crippen LogP contribution in [-0.4, -0.2) is 15.8 Å². The molecule has 2 aromatic heterocycles. The van der Waals surface area contributed by atoms with Gasteiger partial charge in [-0.2, -0.15) is 0 Å². The van der Waals surface area contributed by atoms with Gasteiger partial charge in [-0.3, -0.25) is 0 Å². The number of fused-ring (bicyclic) bond motifs is 16. The van der Waals surface area contributed by atoms with Gasteiger partial charge in [0, 0.05) is 77.9 Å². The third kappa shape index (κ3) is 12.6. The number of rotatable bonds is 8. The molecule has 4 nitrogen and oxygen atoms in total. The van der Waals surface area contributed by atoms with Crippen molar-refractivity contribution in [3.05, 3.63) is 355 Å². The lowest BCUT2D eigenvalue weighted by molar-refractivity contribution is 0.590. The van der Waals surface area contributed by atoms with E-state index in [1.807, 2.05) is 0 Å². The molecule has 0 saturated heterocycles. The number of aromatic nitrogens is 2. The highest BCUT2D eigenvalue weighted by atomic mass is 15.2. The molecule has 0 bridgehead atoms. The van der Waals surface area contributed by atoms with Crippen molar-refractivity contribution < 1.29 is 0 Å². The Morgan fingerprint density at radius 2 is 0.528 bits per heavy atom. The molecular formula is C118H107BN4. The molecule has 0 radical (unpaired) electrons. The fraction of sp³-hybridized carbons (Fsp3) is 0.203. The highest BCUT2D eigenvalue weighted by Crippen LogP contribution is 2.57. The van der Waals surface area contributed by atoms with Crippen molar-refractivity contribution in [1.82, 2.24) is 9.13 Å². The average Bonchev–Trinajstić information content (AvgIpc) is 1.26. The second kappa shape index (κ2) is 27.8. The van der Waals surface area contributed by atoms with E-state index < -0.39 is 5.41 Å². The normalized spacial score (nSPS) is 13.4. The van der Waals surface area contributed by atoms with Gasteiger partial charge in [0.2, 0.25) is 0 Å². The SMILES string of the molecule is CC(C)(C)c1cccc(-c2cccc(-c3cc4ccccc4c4ccccc34)c2N2c3cc(-n4c5ccc(C(C)(C)C)cc5c5cc(C(C)(C)C)ccc54)ccc3B3c4ccc(-n5c6ccc(C(C)(C)C)cc6c6cc(C(C)(C)C)ccc65)cc4N(c4c(-c5ccccc5)cccc4-c4cc5ccccc5c5ccccc45)c4cc(C(C)(C)C)cc2c43)c1. The Morgan fingerprint density at radius 3 is 0.919 bits per heavy atom. The van der Waals surface area contributed by atoms with E-state index in [4.69, 9.17) is 0 Å².